The first-order valence-corrected chi connectivity index (χ1v) is 3.76. The van der Waals surface area contributed by atoms with E-state index in [-0.39, 0.29) is 10.0 Å². The van der Waals surface area contributed by atoms with Crippen LogP contribution in [-0.4, -0.2) is 4.99 Å². The number of hydrogen-bond donors (Lipinski definition) is 1. The molecule has 12 heavy (non-hydrogen) atoms. The molecule has 2 N–H and O–H groups in total. The largest absolute Gasteiger partial charge is 0.389 e. The number of benzene rings is 1. The van der Waals surface area contributed by atoms with Crippen molar-refractivity contribution in [1.29, 1.82) is 0 Å². The van der Waals surface area contributed by atoms with E-state index in [2.05, 4.69) is 12.2 Å². The van der Waals surface area contributed by atoms with Gasteiger partial charge in [0.2, 0.25) is 0 Å². The Balaban J connectivity index is 3.43. The Hall–Kier alpha value is -0.740. The molecule has 0 saturated heterocycles. The number of hydrogen-bond acceptors (Lipinski definition) is 1. The molecule has 1 nitrogen and oxygen atoms in total. The molecule has 1 rings (SSSR count). The standard InChI is InChI=1S/C7H4ClF2NS/c8-3-1-2-4(9)5(6(3)10)7(11)12/h1-2H,(H2,11,12). The van der Waals surface area contributed by atoms with Crippen LogP contribution in [0.3, 0.4) is 0 Å². The second-order valence-corrected chi connectivity index (χ2v) is 2.93. The first-order chi connectivity index (χ1) is 5.54. The van der Waals surface area contributed by atoms with Crippen molar-refractivity contribution in [3.8, 4) is 0 Å². The van der Waals surface area contributed by atoms with Gasteiger partial charge in [0.05, 0.1) is 10.6 Å². The van der Waals surface area contributed by atoms with Gasteiger partial charge in [0, 0.05) is 0 Å². The van der Waals surface area contributed by atoms with Gasteiger partial charge in [-0.15, -0.1) is 0 Å². The zero-order valence-corrected chi connectivity index (χ0v) is 7.35. The minimum absolute atomic E-state index is 0.195. The van der Waals surface area contributed by atoms with E-state index in [1.54, 1.807) is 0 Å². The molecule has 0 spiro atoms. The molecule has 0 aliphatic rings. The summed E-state index contributed by atoms with van der Waals surface area (Å²) in [7, 11) is 0. The maximum absolute atomic E-state index is 13.0. The van der Waals surface area contributed by atoms with Gasteiger partial charge >= 0.3 is 0 Å². The van der Waals surface area contributed by atoms with Crippen molar-refractivity contribution in [2.75, 3.05) is 0 Å². The summed E-state index contributed by atoms with van der Waals surface area (Å²) in [6.45, 7) is 0. The van der Waals surface area contributed by atoms with Crippen molar-refractivity contribution >= 4 is 28.8 Å². The van der Waals surface area contributed by atoms with Gasteiger partial charge < -0.3 is 5.73 Å². The average molecular weight is 208 g/mol. The molecule has 0 heterocycles. The predicted molar refractivity (Wildman–Crippen MR) is 47.3 cm³/mol. The molecule has 0 saturated carbocycles. The molecular weight excluding hydrogens is 204 g/mol. The Bertz CT molecular complexity index is 340. The maximum Gasteiger partial charge on any atom is 0.154 e. The average Bonchev–Trinajstić information content (AvgIpc) is 1.97. The molecule has 0 amide bonds. The maximum atomic E-state index is 13.0. The quantitative estimate of drug-likeness (QED) is 0.565. The molecule has 0 radical (unpaired) electrons. The summed E-state index contributed by atoms with van der Waals surface area (Å²) in [6.07, 6.45) is 0. The van der Waals surface area contributed by atoms with Crippen LogP contribution in [0.15, 0.2) is 12.1 Å². The Morgan fingerprint density at radius 2 is 2.00 bits per heavy atom. The molecule has 0 aromatic heterocycles. The smallest absolute Gasteiger partial charge is 0.154 e. The minimum Gasteiger partial charge on any atom is -0.389 e. The van der Waals surface area contributed by atoms with Crippen molar-refractivity contribution in [2.24, 2.45) is 5.73 Å². The monoisotopic (exact) mass is 207 g/mol. The fourth-order valence-electron chi connectivity index (χ4n) is 0.753. The molecule has 0 bridgehead atoms. The molecule has 0 aliphatic carbocycles. The zero-order chi connectivity index (χ0) is 9.30. The van der Waals surface area contributed by atoms with Crippen LogP contribution < -0.4 is 5.73 Å². The van der Waals surface area contributed by atoms with Crippen molar-refractivity contribution in [3.63, 3.8) is 0 Å². The number of rotatable bonds is 1. The summed E-state index contributed by atoms with van der Waals surface area (Å²) < 4.78 is 25.8. The lowest BCUT2D eigenvalue weighted by Gasteiger charge is -2.02. The van der Waals surface area contributed by atoms with E-state index in [1.165, 1.54) is 0 Å². The van der Waals surface area contributed by atoms with Crippen LogP contribution in [0.25, 0.3) is 0 Å². The molecule has 0 unspecified atom stereocenters. The summed E-state index contributed by atoms with van der Waals surface area (Å²) in [6, 6.07) is 2.12. The van der Waals surface area contributed by atoms with Crippen LogP contribution in [0.1, 0.15) is 5.56 Å². The van der Waals surface area contributed by atoms with E-state index >= 15 is 0 Å². The lowest BCUT2D eigenvalue weighted by molar-refractivity contribution is 0.580. The number of nitrogens with two attached hydrogens (primary N) is 1. The third kappa shape index (κ3) is 1.54. The highest BCUT2D eigenvalue weighted by Crippen LogP contribution is 2.20. The normalized spacial score (nSPS) is 9.92. The van der Waals surface area contributed by atoms with Crippen LogP contribution in [0.4, 0.5) is 8.78 Å². The zero-order valence-electron chi connectivity index (χ0n) is 5.77. The minimum atomic E-state index is -0.913. The van der Waals surface area contributed by atoms with E-state index < -0.39 is 17.2 Å². The van der Waals surface area contributed by atoms with Gasteiger partial charge in [-0.3, -0.25) is 0 Å². The van der Waals surface area contributed by atoms with E-state index in [9.17, 15) is 8.78 Å². The lowest BCUT2D eigenvalue weighted by atomic mass is 10.2. The first-order valence-electron chi connectivity index (χ1n) is 2.97. The second kappa shape index (κ2) is 3.33. The fraction of sp³-hybridized carbons (Fsp3) is 0. The van der Waals surface area contributed by atoms with Crippen molar-refractivity contribution in [2.45, 2.75) is 0 Å². The van der Waals surface area contributed by atoms with Crippen LogP contribution in [0.2, 0.25) is 5.02 Å². The van der Waals surface area contributed by atoms with Crippen LogP contribution in [-0.2, 0) is 0 Å². The molecule has 1 aromatic carbocycles. The Morgan fingerprint density at radius 3 is 2.42 bits per heavy atom. The highest BCUT2D eigenvalue weighted by atomic mass is 35.5. The van der Waals surface area contributed by atoms with E-state index in [0.29, 0.717) is 0 Å². The summed E-state index contributed by atoms with van der Waals surface area (Å²) in [4.78, 5) is -0.340. The van der Waals surface area contributed by atoms with Gasteiger partial charge in [0.15, 0.2) is 5.82 Å². The Morgan fingerprint density at radius 1 is 1.42 bits per heavy atom. The van der Waals surface area contributed by atoms with Gasteiger partial charge in [-0.25, -0.2) is 8.78 Å². The van der Waals surface area contributed by atoms with Gasteiger partial charge in [-0.1, -0.05) is 23.8 Å². The third-order valence-electron chi connectivity index (χ3n) is 1.29. The lowest BCUT2D eigenvalue weighted by Crippen LogP contribution is -2.14. The molecule has 0 aliphatic heterocycles. The summed E-state index contributed by atoms with van der Waals surface area (Å²) >= 11 is 9.81. The van der Waals surface area contributed by atoms with Crippen molar-refractivity contribution in [1.82, 2.24) is 0 Å². The highest BCUT2D eigenvalue weighted by Gasteiger charge is 2.14. The van der Waals surface area contributed by atoms with E-state index in [0.717, 1.165) is 12.1 Å². The first kappa shape index (κ1) is 9.35. The second-order valence-electron chi connectivity index (χ2n) is 2.08. The van der Waals surface area contributed by atoms with Gasteiger partial charge in [0.25, 0.3) is 0 Å². The number of thiocarbonyl (C=S) groups is 1. The highest BCUT2D eigenvalue weighted by molar-refractivity contribution is 7.80. The van der Waals surface area contributed by atoms with Gasteiger partial charge in [-0.05, 0) is 12.1 Å². The topological polar surface area (TPSA) is 26.0 Å². The summed E-state index contributed by atoms with van der Waals surface area (Å²) in [5, 5.41) is -0.195. The van der Waals surface area contributed by atoms with Crippen molar-refractivity contribution in [3.05, 3.63) is 34.4 Å². The molecule has 5 heteroatoms. The SMILES string of the molecule is NC(=S)c1c(F)ccc(Cl)c1F. The van der Waals surface area contributed by atoms with Crippen molar-refractivity contribution < 1.29 is 8.78 Å². The predicted octanol–water partition coefficient (Wildman–Crippen LogP) is 2.25. The third-order valence-corrected chi connectivity index (χ3v) is 1.79. The van der Waals surface area contributed by atoms with Crippen LogP contribution >= 0.6 is 23.8 Å². The number of halogens is 3. The molecular formula is C7H4ClF2NS. The van der Waals surface area contributed by atoms with Crippen LogP contribution in [0, 0.1) is 11.6 Å². The molecule has 0 atom stereocenters. The molecule has 0 fully saturated rings. The van der Waals surface area contributed by atoms with Gasteiger partial charge in [0.1, 0.15) is 10.8 Å². The fourth-order valence-corrected chi connectivity index (χ4v) is 1.10. The molecule has 64 valence electrons. The molecule has 1 aromatic rings. The van der Waals surface area contributed by atoms with E-state index in [1.807, 2.05) is 0 Å². The Labute approximate surface area is 78.1 Å². The van der Waals surface area contributed by atoms with E-state index in [4.69, 9.17) is 17.3 Å². The summed E-state index contributed by atoms with van der Waals surface area (Å²) in [5.74, 6) is -1.71. The summed E-state index contributed by atoms with van der Waals surface area (Å²) in [5.41, 5.74) is 4.64. The van der Waals surface area contributed by atoms with Gasteiger partial charge in [-0.2, -0.15) is 0 Å². The Kier molecular flexibility index (Phi) is 2.59. The van der Waals surface area contributed by atoms with Crippen LogP contribution in [0.5, 0.6) is 0 Å².